The highest BCUT2D eigenvalue weighted by Gasteiger charge is 2.21. The molecule has 2 aromatic carbocycles. The number of H-pyrrole nitrogens is 1. The van der Waals surface area contributed by atoms with Crippen molar-refractivity contribution in [3.8, 4) is 0 Å². The van der Waals surface area contributed by atoms with Crippen LogP contribution in [0.25, 0.3) is 10.9 Å². The van der Waals surface area contributed by atoms with Gasteiger partial charge in [0.1, 0.15) is 5.75 Å². The number of Topliss-reactive ketones (excluding diaryl/α,β-unsaturated/α-hetero) is 1. The molecule has 0 saturated heterocycles. The molecule has 0 bridgehead atoms. The van der Waals surface area contributed by atoms with Crippen LogP contribution < -0.4 is 0 Å². The Morgan fingerprint density at radius 1 is 0.952 bits per heavy atom. The summed E-state index contributed by atoms with van der Waals surface area (Å²) < 4.78 is 24.5. The lowest BCUT2D eigenvalue weighted by atomic mass is 10.1. The number of nitrogens with one attached hydrogen (secondary N) is 1. The lowest BCUT2D eigenvalue weighted by molar-refractivity contribution is 0.102. The molecular formula is C16H13NO3S. The first kappa shape index (κ1) is 13.6. The smallest absolute Gasteiger partial charge is 0.185 e. The molecule has 0 aliphatic heterocycles. The number of aromatic nitrogens is 1. The minimum Gasteiger partial charge on any atom is -0.360 e. The van der Waals surface area contributed by atoms with E-state index in [2.05, 4.69) is 4.98 Å². The maximum Gasteiger partial charge on any atom is 0.185 e. The molecule has 21 heavy (non-hydrogen) atoms. The predicted octanol–water partition coefficient (Wildman–Crippen LogP) is 2.82. The van der Waals surface area contributed by atoms with Gasteiger partial charge >= 0.3 is 0 Å². The molecule has 3 aromatic rings. The number of sulfone groups is 1. The molecule has 0 radical (unpaired) electrons. The normalized spacial score (nSPS) is 11.6. The third-order valence-electron chi connectivity index (χ3n) is 3.31. The lowest BCUT2D eigenvalue weighted by Crippen LogP contribution is -2.16. The van der Waals surface area contributed by atoms with Crippen molar-refractivity contribution in [2.75, 3.05) is 5.75 Å². The predicted molar refractivity (Wildman–Crippen MR) is 81.1 cm³/mol. The van der Waals surface area contributed by atoms with Gasteiger partial charge in [-0.2, -0.15) is 0 Å². The molecule has 4 nitrogen and oxygen atoms in total. The van der Waals surface area contributed by atoms with Gasteiger partial charge in [-0.05, 0) is 18.2 Å². The highest BCUT2D eigenvalue weighted by atomic mass is 32.2. The number of carbonyl (C=O) groups excluding carboxylic acids is 1. The third kappa shape index (κ3) is 2.60. The Hall–Kier alpha value is -2.40. The molecule has 0 amide bonds. The molecule has 5 heteroatoms. The number of carbonyl (C=O) groups is 1. The first-order chi connectivity index (χ1) is 10.1. The maximum atomic E-state index is 12.3. The number of ketones is 1. The second-order valence-corrected chi connectivity index (χ2v) is 6.73. The van der Waals surface area contributed by atoms with Gasteiger partial charge in [-0.25, -0.2) is 8.42 Å². The standard InChI is InChI=1S/C16H13NO3S/c18-16(11-21(19,20)12-6-2-1-3-7-12)14-10-17-15-9-5-4-8-13(14)15/h1-10,17H,11H2. The van der Waals surface area contributed by atoms with E-state index in [1.807, 2.05) is 18.2 Å². The summed E-state index contributed by atoms with van der Waals surface area (Å²) in [4.78, 5) is 15.5. The van der Waals surface area contributed by atoms with Crippen LogP contribution >= 0.6 is 0 Å². The zero-order chi connectivity index (χ0) is 14.9. The van der Waals surface area contributed by atoms with Crippen molar-refractivity contribution in [3.63, 3.8) is 0 Å². The van der Waals surface area contributed by atoms with E-state index in [-0.39, 0.29) is 4.90 Å². The van der Waals surface area contributed by atoms with E-state index in [4.69, 9.17) is 0 Å². The molecule has 1 N–H and O–H groups in total. The van der Waals surface area contributed by atoms with E-state index in [0.717, 1.165) is 10.9 Å². The zero-order valence-corrected chi connectivity index (χ0v) is 11.9. The summed E-state index contributed by atoms with van der Waals surface area (Å²) in [6, 6.07) is 15.3. The van der Waals surface area contributed by atoms with Crippen molar-refractivity contribution in [1.29, 1.82) is 0 Å². The molecule has 106 valence electrons. The summed E-state index contributed by atoms with van der Waals surface area (Å²) in [6.45, 7) is 0. The number of para-hydroxylation sites is 1. The summed E-state index contributed by atoms with van der Waals surface area (Å²) in [5.41, 5.74) is 1.23. The molecule has 3 rings (SSSR count). The summed E-state index contributed by atoms with van der Waals surface area (Å²) in [7, 11) is -3.62. The molecule has 0 aliphatic carbocycles. The largest absolute Gasteiger partial charge is 0.360 e. The van der Waals surface area contributed by atoms with Crippen LogP contribution in [-0.2, 0) is 9.84 Å². The van der Waals surface area contributed by atoms with Gasteiger partial charge in [0.15, 0.2) is 15.6 Å². The van der Waals surface area contributed by atoms with Gasteiger partial charge in [0.05, 0.1) is 4.90 Å². The topological polar surface area (TPSA) is 67.0 Å². The number of aromatic amines is 1. The zero-order valence-electron chi connectivity index (χ0n) is 11.1. The Balaban J connectivity index is 1.94. The Bertz CT molecular complexity index is 895. The minimum absolute atomic E-state index is 0.165. The van der Waals surface area contributed by atoms with Crippen LogP contribution in [-0.4, -0.2) is 24.9 Å². The highest BCUT2D eigenvalue weighted by Crippen LogP contribution is 2.20. The van der Waals surface area contributed by atoms with Crippen LogP contribution in [0, 0.1) is 0 Å². The van der Waals surface area contributed by atoms with Gasteiger partial charge < -0.3 is 4.98 Å². The molecule has 0 fully saturated rings. The van der Waals surface area contributed by atoms with Crippen LogP contribution in [0.2, 0.25) is 0 Å². The van der Waals surface area contributed by atoms with Crippen molar-refractivity contribution in [2.24, 2.45) is 0 Å². The third-order valence-corrected chi connectivity index (χ3v) is 4.95. The Morgan fingerprint density at radius 2 is 1.62 bits per heavy atom. The van der Waals surface area contributed by atoms with Crippen molar-refractivity contribution >= 4 is 26.5 Å². The van der Waals surface area contributed by atoms with E-state index in [0.29, 0.717) is 5.56 Å². The van der Waals surface area contributed by atoms with E-state index in [9.17, 15) is 13.2 Å². The van der Waals surface area contributed by atoms with E-state index in [1.165, 1.54) is 12.1 Å². The molecule has 1 aromatic heterocycles. The summed E-state index contributed by atoms with van der Waals surface area (Å²) in [5, 5.41) is 0.741. The average molecular weight is 299 g/mol. The highest BCUT2D eigenvalue weighted by molar-refractivity contribution is 7.92. The molecule has 0 spiro atoms. The monoisotopic (exact) mass is 299 g/mol. The second kappa shape index (κ2) is 5.18. The van der Waals surface area contributed by atoms with E-state index in [1.54, 1.807) is 30.5 Å². The number of hydrogen-bond donors (Lipinski definition) is 1. The first-order valence-electron chi connectivity index (χ1n) is 6.45. The number of rotatable bonds is 4. The Morgan fingerprint density at radius 3 is 2.38 bits per heavy atom. The quantitative estimate of drug-likeness (QED) is 0.753. The van der Waals surface area contributed by atoms with Gasteiger partial charge in [-0.1, -0.05) is 36.4 Å². The van der Waals surface area contributed by atoms with E-state index >= 15 is 0 Å². The fourth-order valence-corrected chi connectivity index (χ4v) is 3.50. The van der Waals surface area contributed by atoms with Crippen LogP contribution in [0.1, 0.15) is 10.4 Å². The van der Waals surface area contributed by atoms with Crippen molar-refractivity contribution < 1.29 is 13.2 Å². The van der Waals surface area contributed by atoms with Crippen LogP contribution in [0.15, 0.2) is 65.7 Å². The maximum absolute atomic E-state index is 12.3. The van der Waals surface area contributed by atoms with E-state index < -0.39 is 21.4 Å². The summed E-state index contributed by atoms with van der Waals surface area (Å²) in [6.07, 6.45) is 1.56. The minimum atomic E-state index is -3.62. The van der Waals surface area contributed by atoms with Gasteiger partial charge in [-0.3, -0.25) is 4.79 Å². The van der Waals surface area contributed by atoms with Crippen molar-refractivity contribution in [2.45, 2.75) is 4.90 Å². The summed E-state index contributed by atoms with van der Waals surface area (Å²) in [5.74, 6) is -0.935. The Labute approximate surface area is 122 Å². The van der Waals surface area contributed by atoms with Crippen molar-refractivity contribution in [3.05, 3.63) is 66.4 Å². The number of hydrogen-bond acceptors (Lipinski definition) is 3. The molecule has 0 unspecified atom stereocenters. The SMILES string of the molecule is O=C(CS(=O)(=O)c1ccccc1)c1c[nH]c2ccccc12. The summed E-state index contributed by atoms with van der Waals surface area (Å²) >= 11 is 0. The lowest BCUT2D eigenvalue weighted by Gasteiger charge is -2.03. The van der Waals surface area contributed by atoms with Gasteiger partial charge in [0.2, 0.25) is 0 Å². The average Bonchev–Trinajstić information content (AvgIpc) is 2.92. The molecule has 1 heterocycles. The Kier molecular flexibility index (Phi) is 3.35. The van der Waals surface area contributed by atoms with Gasteiger partial charge in [0, 0.05) is 22.7 Å². The molecule has 0 saturated carbocycles. The molecule has 0 aliphatic rings. The van der Waals surface area contributed by atoms with Gasteiger partial charge in [-0.15, -0.1) is 0 Å². The first-order valence-corrected chi connectivity index (χ1v) is 8.10. The van der Waals surface area contributed by atoms with Gasteiger partial charge in [0.25, 0.3) is 0 Å². The number of fused-ring (bicyclic) bond motifs is 1. The number of benzene rings is 2. The fraction of sp³-hybridized carbons (Fsp3) is 0.0625. The van der Waals surface area contributed by atoms with Crippen LogP contribution in [0.5, 0.6) is 0 Å². The van der Waals surface area contributed by atoms with Crippen LogP contribution in [0.4, 0.5) is 0 Å². The fourth-order valence-electron chi connectivity index (χ4n) is 2.26. The second-order valence-electron chi connectivity index (χ2n) is 4.74. The van der Waals surface area contributed by atoms with Crippen molar-refractivity contribution in [1.82, 2.24) is 4.98 Å². The van der Waals surface area contributed by atoms with Crippen LogP contribution in [0.3, 0.4) is 0 Å². The molecule has 0 atom stereocenters. The molecular weight excluding hydrogens is 286 g/mol.